The molecule has 1 aliphatic rings. The van der Waals surface area contributed by atoms with E-state index < -0.39 is 0 Å². The van der Waals surface area contributed by atoms with Gasteiger partial charge in [0.25, 0.3) is 5.91 Å². The number of hydrogen-bond donors (Lipinski definition) is 2. The third kappa shape index (κ3) is 4.39. The first-order chi connectivity index (χ1) is 14.4. The van der Waals surface area contributed by atoms with Crippen LogP contribution >= 0.6 is 31.9 Å². The molecule has 0 unspecified atom stereocenters. The molecule has 0 radical (unpaired) electrons. The first-order valence-corrected chi connectivity index (χ1v) is 10.7. The summed E-state index contributed by atoms with van der Waals surface area (Å²) < 4.78 is 9.26. The van der Waals surface area contributed by atoms with Crippen LogP contribution in [0.25, 0.3) is 0 Å². The Morgan fingerprint density at radius 1 is 1.30 bits per heavy atom. The van der Waals surface area contributed by atoms with Crippen LogP contribution in [-0.2, 0) is 9.59 Å². The number of hydrogen-bond acceptors (Lipinski definition) is 5. The molecule has 2 heterocycles. The molecular formula is C20H17Br2N5O3. The zero-order chi connectivity index (χ0) is 21.3. The number of carbonyl (C=O) groups is 2. The lowest BCUT2D eigenvalue weighted by Gasteiger charge is -2.25. The Morgan fingerprint density at radius 3 is 2.93 bits per heavy atom. The largest absolute Gasteiger partial charge is 0.483 e. The summed E-state index contributed by atoms with van der Waals surface area (Å²) in [5.41, 5.74) is 2.44. The summed E-state index contributed by atoms with van der Waals surface area (Å²) in [6.07, 6.45) is 1.58. The third-order valence-corrected chi connectivity index (χ3v) is 6.01. The number of fused-ring (bicyclic) bond motifs is 1. The fourth-order valence-electron chi connectivity index (χ4n) is 3.22. The minimum absolute atomic E-state index is 0.158. The predicted molar refractivity (Wildman–Crippen MR) is 119 cm³/mol. The van der Waals surface area contributed by atoms with Crippen molar-refractivity contribution in [2.45, 2.75) is 19.4 Å². The zero-order valence-corrected chi connectivity index (χ0v) is 19.0. The Bertz CT molecular complexity index is 1130. The molecule has 0 saturated heterocycles. The molecule has 2 N–H and O–H groups in total. The van der Waals surface area contributed by atoms with Gasteiger partial charge in [-0.3, -0.25) is 14.9 Å². The number of anilines is 2. The molecule has 1 aliphatic heterocycles. The van der Waals surface area contributed by atoms with Crippen LogP contribution in [0.3, 0.4) is 0 Å². The Balaban J connectivity index is 1.52. The van der Waals surface area contributed by atoms with Crippen molar-refractivity contribution in [3.8, 4) is 5.75 Å². The zero-order valence-electron chi connectivity index (χ0n) is 15.9. The highest BCUT2D eigenvalue weighted by molar-refractivity contribution is 9.10. The number of nitrogens with zero attached hydrogens (tertiary/aromatic N) is 3. The first-order valence-electron chi connectivity index (χ1n) is 9.08. The topological polar surface area (TPSA) is 98.1 Å². The fraction of sp³-hybridized carbons (Fsp3) is 0.200. The fourth-order valence-corrected chi connectivity index (χ4v) is 3.85. The van der Waals surface area contributed by atoms with Crippen LogP contribution in [0.15, 0.2) is 51.7 Å². The van der Waals surface area contributed by atoms with E-state index in [1.165, 1.54) is 6.33 Å². The van der Waals surface area contributed by atoms with Crippen LogP contribution in [0.4, 0.5) is 11.6 Å². The smallest absolute Gasteiger partial charge is 0.262 e. The van der Waals surface area contributed by atoms with Crippen molar-refractivity contribution in [1.29, 1.82) is 0 Å². The lowest BCUT2D eigenvalue weighted by atomic mass is 10.0. The Hall–Kier alpha value is -2.72. The number of aryl methyl sites for hydroxylation is 1. The molecule has 0 spiro atoms. The van der Waals surface area contributed by atoms with E-state index in [1.54, 1.807) is 10.7 Å². The molecule has 3 aromatic rings. The van der Waals surface area contributed by atoms with Crippen molar-refractivity contribution in [3.63, 3.8) is 0 Å². The van der Waals surface area contributed by atoms with Crippen molar-refractivity contribution in [2.75, 3.05) is 17.2 Å². The average Bonchev–Trinajstić information content (AvgIpc) is 3.17. The summed E-state index contributed by atoms with van der Waals surface area (Å²) in [6.45, 7) is 1.77. The van der Waals surface area contributed by atoms with Gasteiger partial charge < -0.3 is 10.1 Å². The van der Waals surface area contributed by atoms with Gasteiger partial charge in [0.05, 0.1) is 12.5 Å². The highest BCUT2D eigenvalue weighted by Gasteiger charge is 2.30. The third-order valence-electron chi connectivity index (χ3n) is 4.63. The average molecular weight is 535 g/mol. The SMILES string of the molecule is Cc1cc(NC(=O)COc2ccc(Br)cc2[C@@H]2CC(=O)Nc3ncnn32)ccc1Br. The van der Waals surface area contributed by atoms with Crippen molar-refractivity contribution in [2.24, 2.45) is 0 Å². The van der Waals surface area contributed by atoms with Gasteiger partial charge in [0, 0.05) is 20.2 Å². The lowest BCUT2D eigenvalue weighted by Crippen LogP contribution is -2.30. The second kappa shape index (κ2) is 8.57. The Morgan fingerprint density at radius 2 is 2.13 bits per heavy atom. The number of amides is 2. The second-order valence-electron chi connectivity index (χ2n) is 6.78. The number of ether oxygens (including phenoxy) is 1. The molecular weight excluding hydrogens is 518 g/mol. The molecule has 0 bridgehead atoms. The summed E-state index contributed by atoms with van der Waals surface area (Å²) in [5, 5.41) is 9.74. The van der Waals surface area contributed by atoms with Gasteiger partial charge in [0.2, 0.25) is 11.9 Å². The number of aromatic nitrogens is 3. The summed E-state index contributed by atoms with van der Waals surface area (Å²) in [6, 6.07) is 10.6. The van der Waals surface area contributed by atoms with E-state index in [9.17, 15) is 9.59 Å². The number of benzene rings is 2. The molecule has 0 saturated carbocycles. The first kappa shape index (κ1) is 20.5. The predicted octanol–water partition coefficient (Wildman–Crippen LogP) is 4.06. The normalized spacial score (nSPS) is 15.3. The minimum Gasteiger partial charge on any atom is -0.483 e. The van der Waals surface area contributed by atoms with Crippen molar-refractivity contribution < 1.29 is 14.3 Å². The van der Waals surface area contributed by atoms with Crippen LogP contribution in [-0.4, -0.2) is 33.2 Å². The molecule has 0 fully saturated rings. The highest BCUT2D eigenvalue weighted by Crippen LogP contribution is 2.36. The van der Waals surface area contributed by atoms with Gasteiger partial charge in [-0.25, -0.2) is 4.68 Å². The molecule has 2 aromatic carbocycles. The molecule has 1 atom stereocenters. The standard InChI is InChI=1S/C20H17Br2N5O3/c1-11-6-13(3-4-15(11)22)25-19(29)9-30-17-5-2-12(21)7-14(17)16-8-18(28)26-20-23-10-24-27(16)20/h2-7,10,16H,8-9H2,1H3,(H,25,29)(H,23,24,26,28)/t16-/m0/s1. The second-order valence-corrected chi connectivity index (χ2v) is 8.55. The highest BCUT2D eigenvalue weighted by atomic mass is 79.9. The molecule has 30 heavy (non-hydrogen) atoms. The van der Waals surface area contributed by atoms with Gasteiger partial charge in [-0.05, 0) is 48.9 Å². The number of rotatable bonds is 5. The number of halogens is 2. The van der Waals surface area contributed by atoms with E-state index in [4.69, 9.17) is 4.74 Å². The van der Waals surface area contributed by atoms with Gasteiger partial charge in [0.1, 0.15) is 12.1 Å². The molecule has 10 heteroatoms. The maximum absolute atomic E-state index is 12.4. The monoisotopic (exact) mass is 533 g/mol. The van der Waals surface area contributed by atoms with Crippen LogP contribution < -0.4 is 15.4 Å². The van der Waals surface area contributed by atoms with E-state index >= 15 is 0 Å². The van der Waals surface area contributed by atoms with Crippen molar-refractivity contribution in [1.82, 2.24) is 14.8 Å². The van der Waals surface area contributed by atoms with Gasteiger partial charge >= 0.3 is 0 Å². The van der Waals surface area contributed by atoms with Gasteiger partial charge in [-0.15, -0.1) is 0 Å². The maximum atomic E-state index is 12.4. The van der Waals surface area contributed by atoms with Crippen LogP contribution in [0.5, 0.6) is 5.75 Å². The van der Waals surface area contributed by atoms with E-state index in [2.05, 4.69) is 52.6 Å². The molecule has 8 nitrogen and oxygen atoms in total. The quantitative estimate of drug-likeness (QED) is 0.514. The Labute approximate surface area is 189 Å². The van der Waals surface area contributed by atoms with Crippen LogP contribution in [0.2, 0.25) is 0 Å². The molecule has 4 rings (SSSR count). The molecule has 154 valence electrons. The minimum atomic E-state index is -0.388. The molecule has 0 aliphatic carbocycles. The van der Waals surface area contributed by atoms with Gasteiger partial charge in [-0.1, -0.05) is 31.9 Å². The summed E-state index contributed by atoms with van der Waals surface area (Å²) in [5.74, 6) is 0.440. The Kier molecular flexibility index (Phi) is 5.87. The van der Waals surface area contributed by atoms with Crippen LogP contribution in [0.1, 0.15) is 23.6 Å². The van der Waals surface area contributed by atoms with Gasteiger partial charge in [0.15, 0.2) is 6.61 Å². The van der Waals surface area contributed by atoms with E-state index in [1.807, 2.05) is 37.3 Å². The molecule has 1 aromatic heterocycles. The summed E-state index contributed by atoms with van der Waals surface area (Å²) in [7, 11) is 0. The number of carbonyl (C=O) groups excluding carboxylic acids is 2. The summed E-state index contributed by atoms with van der Waals surface area (Å²) in [4.78, 5) is 28.6. The van der Waals surface area contributed by atoms with Crippen molar-refractivity contribution >= 4 is 55.3 Å². The summed E-state index contributed by atoms with van der Waals surface area (Å²) >= 11 is 6.90. The lowest BCUT2D eigenvalue weighted by molar-refractivity contribution is -0.118. The van der Waals surface area contributed by atoms with Gasteiger partial charge in [-0.2, -0.15) is 10.1 Å². The maximum Gasteiger partial charge on any atom is 0.262 e. The van der Waals surface area contributed by atoms with E-state index in [0.29, 0.717) is 17.4 Å². The van der Waals surface area contributed by atoms with Crippen molar-refractivity contribution in [3.05, 3.63) is 62.8 Å². The number of nitrogens with one attached hydrogen (secondary N) is 2. The van der Waals surface area contributed by atoms with E-state index in [0.717, 1.165) is 20.1 Å². The molecule has 2 amide bonds. The van der Waals surface area contributed by atoms with Crippen LogP contribution in [0, 0.1) is 6.92 Å². The van der Waals surface area contributed by atoms with E-state index in [-0.39, 0.29) is 30.9 Å².